The lowest BCUT2D eigenvalue weighted by molar-refractivity contribution is -0.127. The summed E-state index contributed by atoms with van der Waals surface area (Å²) < 4.78 is 0. The molecule has 1 amide bonds. The van der Waals surface area contributed by atoms with E-state index in [0.717, 1.165) is 38.5 Å². The molecule has 0 aliphatic heterocycles. The van der Waals surface area contributed by atoms with E-state index in [1.165, 1.54) is 6.42 Å². The number of carbonyl (C=O) groups is 1. The zero-order chi connectivity index (χ0) is 10.9. The van der Waals surface area contributed by atoms with Gasteiger partial charge in [0.25, 0.3) is 0 Å². The molecule has 3 N–H and O–H groups in total. The first-order valence-electron chi connectivity index (χ1n) is 6.17. The Balaban J connectivity index is 1.77. The lowest BCUT2D eigenvalue weighted by Crippen LogP contribution is -2.55. The van der Waals surface area contributed by atoms with Crippen LogP contribution in [-0.4, -0.2) is 18.0 Å². The van der Waals surface area contributed by atoms with E-state index in [1.54, 1.807) is 0 Å². The van der Waals surface area contributed by atoms with Gasteiger partial charge in [0.05, 0.1) is 0 Å². The highest BCUT2D eigenvalue weighted by atomic mass is 16.2. The first-order valence-corrected chi connectivity index (χ1v) is 6.17. The van der Waals surface area contributed by atoms with Gasteiger partial charge < -0.3 is 11.1 Å². The molecule has 0 bridgehead atoms. The molecule has 0 spiro atoms. The van der Waals surface area contributed by atoms with Gasteiger partial charge in [-0.1, -0.05) is 13.3 Å². The van der Waals surface area contributed by atoms with Gasteiger partial charge in [0.1, 0.15) is 0 Å². The van der Waals surface area contributed by atoms with Crippen LogP contribution in [0, 0.1) is 5.41 Å². The van der Waals surface area contributed by atoms with Crippen molar-refractivity contribution < 1.29 is 4.79 Å². The first-order chi connectivity index (χ1) is 7.10. The average Bonchev–Trinajstić information content (AvgIpc) is 2.93. The van der Waals surface area contributed by atoms with Crippen LogP contribution in [0.3, 0.4) is 0 Å². The fraction of sp³-hybridized carbons (Fsp3) is 0.917. The van der Waals surface area contributed by atoms with Gasteiger partial charge in [-0.3, -0.25) is 4.79 Å². The minimum atomic E-state index is -0.0854. The van der Waals surface area contributed by atoms with E-state index in [-0.39, 0.29) is 16.9 Å². The number of nitrogens with two attached hydrogens (primary N) is 1. The fourth-order valence-electron chi connectivity index (χ4n) is 2.47. The van der Waals surface area contributed by atoms with Crippen LogP contribution in [0.15, 0.2) is 0 Å². The SMILES string of the molecule is CCCC1(C(=O)NCC2(N)CCC2)CC1. The molecule has 0 unspecified atom stereocenters. The Morgan fingerprint density at radius 3 is 2.40 bits per heavy atom. The normalized spacial score (nSPS) is 25.5. The quantitative estimate of drug-likeness (QED) is 0.723. The highest BCUT2D eigenvalue weighted by Gasteiger charge is 2.49. The summed E-state index contributed by atoms with van der Waals surface area (Å²) in [4.78, 5) is 11.9. The van der Waals surface area contributed by atoms with Gasteiger partial charge in [0, 0.05) is 17.5 Å². The van der Waals surface area contributed by atoms with E-state index in [1.807, 2.05) is 0 Å². The zero-order valence-electron chi connectivity index (χ0n) is 9.64. The van der Waals surface area contributed by atoms with Crippen molar-refractivity contribution in [1.82, 2.24) is 5.32 Å². The van der Waals surface area contributed by atoms with Gasteiger partial charge in [-0.25, -0.2) is 0 Å². The monoisotopic (exact) mass is 210 g/mol. The number of carbonyl (C=O) groups excluding carboxylic acids is 1. The molecule has 0 atom stereocenters. The predicted molar refractivity (Wildman–Crippen MR) is 60.4 cm³/mol. The molecular formula is C12H22N2O. The van der Waals surface area contributed by atoms with Crippen molar-refractivity contribution >= 4 is 5.91 Å². The van der Waals surface area contributed by atoms with Crippen molar-refractivity contribution in [3.8, 4) is 0 Å². The molecule has 2 rings (SSSR count). The largest absolute Gasteiger partial charge is 0.354 e. The molecule has 86 valence electrons. The molecule has 2 fully saturated rings. The van der Waals surface area contributed by atoms with Crippen LogP contribution in [0.5, 0.6) is 0 Å². The minimum absolute atomic E-state index is 0.00510. The summed E-state index contributed by atoms with van der Waals surface area (Å²) in [6.07, 6.45) is 7.63. The molecule has 2 aliphatic rings. The van der Waals surface area contributed by atoms with Crippen LogP contribution in [0.1, 0.15) is 51.9 Å². The standard InChI is InChI=1S/C12H22N2O/c1-2-4-11(7-8-11)10(15)14-9-12(13)5-3-6-12/h2-9,13H2,1H3,(H,14,15). The summed E-state index contributed by atoms with van der Waals surface area (Å²) in [5, 5.41) is 3.05. The maximum absolute atomic E-state index is 11.9. The van der Waals surface area contributed by atoms with Gasteiger partial charge in [-0.05, 0) is 38.5 Å². The minimum Gasteiger partial charge on any atom is -0.354 e. The van der Waals surface area contributed by atoms with Crippen molar-refractivity contribution in [3.05, 3.63) is 0 Å². The predicted octanol–water partition coefficient (Wildman–Crippen LogP) is 1.56. The van der Waals surface area contributed by atoms with Gasteiger partial charge in [-0.2, -0.15) is 0 Å². The molecular weight excluding hydrogens is 188 g/mol. The number of rotatable bonds is 5. The van der Waals surface area contributed by atoms with Crippen molar-refractivity contribution in [2.45, 2.75) is 57.4 Å². The number of hydrogen-bond acceptors (Lipinski definition) is 2. The third kappa shape index (κ3) is 2.17. The molecule has 0 aromatic rings. The van der Waals surface area contributed by atoms with Gasteiger partial charge in [0.15, 0.2) is 0 Å². The summed E-state index contributed by atoms with van der Waals surface area (Å²) in [7, 11) is 0. The highest BCUT2D eigenvalue weighted by molar-refractivity contribution is 5.85. The summed E-state index contributed by atoms with van der Waals surface area (Å²) >= 11 is 0. The van der Waals surface area contributed by atoms with Crippen molar-refractivity contribution in [3.63, 3.8) is 0 Å². The molecule has 2 aliphatic carbocycles. The molecule has 0 radical (unpaired) electrons. The van der Waals surface area contributed by atoms with E-state index < -0.39 is 0 Å². The van der Waals surface area contributed by atoms with Crippen molar-refractivity contribution in [1.29, 1.82) is 0 Å². The van der Waals surface area contributed by atoms with Crippen LogP contribution < -0.4 is 11.1 Å². The second-order valence-electron chi connectivity index (χ2n) is 5.43. The zero-order valence-corrected chi connectivity index (χ0v) is 9.64. The molecule has 0 aromatic carbocycles. The topological polar surface area (TPSA) is 55.1 Å². The summed E-state index contributed by atoms with van der Waals surface area (Å²) in [5.74, 6) is 0.251. The second-order valence-corrected chi connectivity index (χ2v) is 5.43. The van der Waals surface area contributed by atoms with Crippen molar-refractivity contribution in [2.75, 3.05) is 6.54 Å². The van der Waals surface area contributed by atoms with Gasteiger partial charge >= 0.3 is 0 Å². The van der Waals surface area contributed by atoms with Gasteiger partial charge in [-0.15, -0.1) is 0 Å². The summed E-state index contributed by atoms with van der Waals surface area (Å²) in [6.45, 7) is 2.82. The average molecular weight is 210 g/mol. The summed E-state index contributed by atoms with van der Waals surface area (Å²) in [6, 6.07) is 0. The Bertz CT molecular complexity index is 254. The van der Waals surface area contributed by atoms with E-state index in [2.05, 4.69) is 12.2 Å². The van der Waals surface area contributed by atoms with Crippen LogP contribution in [0.4, 0.5) is 0 Å². The lowest BCUT2D eigenvalue weighted by atomic mass is 9.77. The first kappa shape index (κ1) is 10.9. The molecule has 3 nitrogen and oxygen atoms in total. The molecule has 0 saturated heterocycles. The van der Waals surface area contributed by atoms with Crippen LogP contribution in [0.25, 0.3) is 0 Å². The maximum atomic E-state index is 11.9. The lowest BCUT2D eigenvalue weighted by Gasteiger charge is -2.38. The third-order valence-electron chi connectivity index (χ3n) is 4.01. The molecule has 0 aromatic heterocycles. The molecule has 0 heterocycles. The van der Waals surface area contributed by atoms with E-state index in [0.29, 0.717) is 6.54 Å². The van der Waals surface area contributed by atoms with E-state index >= 15 is 0 Å². The van der Waals surface area contributed by atoms with Crippen molar-refractivity contribution in [2.24, 2.45) is 11.1 Å². The number of nitrogens with one attached hydrogen (secondary N) is 1. The maximum Gasteiger partial charge on any atom is 0.226 e. The van der Waals surface area contributed by atoms with E-state index in [4.69, 9.17) is 5.73 Å². The Hall–Kier alpha value is -0.570. The van der Waals surface area contributed by atoms with Crippen LogP contribution in [-0.2, 0) is 4.79 Å². The number of hydrogen-bond donors (Lipinski definition) is 2. The third-order valence-corrected chi connectivity index (χ3v) is 4.01. The van der Waals surface area contributed by atoms with Gasteiger partial charge in [0.2, 0.25) is 5.91 Å². The van der Waals surface area contributed by atoms with E-state index in [9.17, 15) is 4.79 Å². The number of amides is 1. The van der Waals surface area contributed by atoms with Crippen LogP contribution >= 0.6 is 0 Å². The molecule has 2 saturated carbocycles. The Kier molecular flexibility index (Phi) is 2.75. The molecule has 3 heteroatoms. The molecule has 15 heavy (non-hydrogen) atoms. The highest BCUT2D eigenvalue weighted by Crippen LogP contribution is 2.49. The van der Waals surface area contributed by atoms with Crippen LogP contribution in [0.2, 0.25) is 0 Å². The fourth-order valence-corrected chi connectivity index (χ4v) is 2.47. The smallest absolute Gasteiger partial charge is 0.226 e. The Labute approximate surface area is 91.8 Å². The summed E-state index contributed by atoms with van der Waals surface area (Å²) in [5.41, 5.74) is 5.98. The second kappa shape index (κ2) is 3.78. The Morgan fingerprint density at radius 2 is 2.00 bits per heavy atom. The Morgan fingerprint density at radius 1 is 1.33 bits per heavy atom.